The topological polar surface area (TPSA) is 68.0 Å². The average molecular weight is 353 g/mol. The van der Waals surface area contributed by atoms with E-state index in [1.54, 1.807) is 16.8 Å². The molecule has 0 fully saturated rings. The SMILES string of the molecule is O=C(O)c1ccc2c(c1)nnn2-c1cccc(Cl)c1Br. The third-order valence-corrected chi connectivity index (χ3v) is 4.23. The minimum atomic E-state index is -0.995. The van der Waals surface area contributed by atoms with E-state index in [9.17, 15) is 4.79 Å². The summed E-state index contributed by atoms with van der Waals surface area (Å²) in [5, 5.41) is 17.6. The Morgan fingerprint density at radius 3 is 2.85 bits per heavy atom. The summed E-state index contributed by atoms with van der Waals surface area (Å²) in [5.41, 5.74) is 2.13. The predicted molar refractivity (Wildman–Crippen MR) is 78.5 cm³/mol. The fourth-order valence-corrected chi connectivity index (χ4v) is 2.49. The fourth-order valence-electron chi connectivity index (χ4n) is 1.89. The lowest BCUT2D eigenvalue weighted by molar-refractivity contribution is 0.0697. The molecule has 0 aliphatic rings. The number of halogens is 2. The number of carbonyl (C=O) groups is 1. The Labute approximate surface area is 126 Å². The Morgan fingerprint density at radius 1 is 1.30 bits per heavy atom. The van der Waals surface area contributed by atoms with E-state index in [1.165, 1.54) is 12.1 Å². The first-order valence-corrected chi connectivity index (χ1v) is 6.78. The van der Waals surface area contributed by atoms with Gasteiger partial charge in [0.2, 0.25) is 0 Å². The molecule has 0 radical (unpaired) electrons. The summed E-state index contributed by atoms with van der Waals surface area (Å²) in [5.74, 6) is -0.995. The molecule has 5 nitrogen and oxygen atoms in total. The van der Waals surface area contributed by atoms with Gasteiger partial charge in [-0.15, -0.1) is 5.10 Å². The molecule has 20 heavy (non-hydrogen) atoms. The van der Waals surface area contributed by atoms with Crippen molar-refractivity contribution in [3.05, 3.63) is 51.5 Å². The minimum Gasteiger partial charge on any atom is -0.478 e. The highest BCUT2D eigenvalue weighted by Crippen LogP contribution is 2.30. The van der Waals surface area contributed by atoms with Crippen molar-refractivity contribution in [3.63, 3.8) is 0 Å². The molecule has 1 N–H and O–H groups in total. The van der Waals surface area contributed by atoms with E-state index in [0.717, 1.165) is 5.69 Å². The molecule has 3 rings (SSSR count). The summed E-state index contributed by atoms with van der Waals surface area (Å²) in [6.45, 7) is 0. The van der Waals surface area contributed by atoms with Crippen molar-refractivity contribution < 1.29 is 9.90 Å². The second kappa shape index (κ2) is 4.88. The van der Waals surface area contributed by atoms with Crippen molar-refractivity contribution in [1.82, 2.24) is 15.0 Å². The fraction of sp³-hybridized carbons (Fsp3) is 0. The molecule has 0 aliphatic carbocycles. The molecular weight excluding hydrogens is 346 g/mol. The van der Waals surface area contributed by atoms with Gasteiger partial charge in [-0.3, -0.25) is 0 Å². The number of aromatic nitrogens is 3. The Morgan fingerprint density at radius 2 is 2.10 bits per heavy atom. The van der Waals surface area contributed by atoms with Gasteiger partial charge in [-0.1, -0.05) is 22.9 Å². The molecule has 3 aromatic rings. The first-order chi connectivity index (χ1) is 9.58. The molecule has 0 bridgehead atoms. The highest BCUT2D eigenvalue weighted by molar-refractivity contribution is 9.10. The second-order valence-electron chi connectivity index (χ2n) is 4.08. The van der Waals surface area contributed by atoms with Crippen molar-refractivity contribution >= 4 is 44.5 Å². The number of aromatic carboxylic acids is 1. The number of benzene rings is 2. The molecule has 0 saturated carbocycles. The maximum absolute atomic E-state index is 10.9. The summed E-state index contributed by atoms with van der Waals surface area (Å²) in [6, 6.07) is 10.1. The van der Waals surface area contributed by atoms with E-state index in [4.69, 9.17) is 16.7 Å². The number of carboxylic acids is 1. The molecule has 0 spiro atoms. The van der Waals surface area contributed by atoms with Crippen molar-refractivity contribution in [2.24, 2.45) is 0 Å². The Bertz CT molecular complexity index is 832. The van der Waals surface area contributed by atoms with E-state index in [-0.39, 0.29) is 5.56 Å². The zero-order valence-corrected chi connectivity index (χ0v) is 12.3. The van der Waals surface area contributed by atoms with Crippen LogP contribution in [0.1, 0.15) is 10.4 Å². The molecule has 7 heteroatoms. The van der Waals surface area contributed by atoms with Crippen LogP contribution in [0.3, 0.4) is 0 Å². The normalized spacial score (nSPS) is 10.9. The van der Waals surface area contributed by atoms with E-state index < -0.39 is 5.97 Å². The van der Waals surface area contributed by atoms with Crippen LogP contribution in [-0.2, 0) is 0 Å². The summed E-state index contributed by atoms with van der Waals surface area (Å²) >= 11 is 9.47. The van der Waals surface area contributed by atoms with E-state index in [2.05, 4.69) is 26.2 Å². The van der Waals surface area contributed by atoms with Gasteiger partial charge in [0.05, 0.1) is 26.3 Å². The van der Waals surface area contributed by atoms with Gasteiger partial charge in [0.1, 0.15) is 5.52 Å². The predicted octanol–water partition coefficient (Wildman–Crippen LogP) is 3.53. The van der Waals surface area contributed by atoms with Gasteiger partial charge in [-0.2, -0.15) is 0 Å². The van der Waals surface area contributed by atoms with Crippen LogP contribution in [0, 0.1) is 0 Å². The minimum absolute atomic E-state index is 0.176. The third-order valence-electron chi connectivity index (χ3n) is 2.85. The van der Waals surface area contributed by atoms with Crippen molar-refractivity contribution in [3.8, 4) is 5.69 Å². The van der Waals surface area contributed by atoms with Crippen LogP contribution >= 0.6 is 27.5 Å². The van der Waals surface area contributed by atoms with Gasteiger partial charge in [-0.05, 0) is 46.3 Å². The van der Waals surface area contributed by atoms with Crippen molar-refractivity contribution in [2.45, 2.75) is 0 Å². The molecule has 0 amide bonds. The van der Waals surface area contributed by atoms with Gasteiger partial charge in [0.15, 0.2) is 0 Å². The monoisotopic (exact) mass is 351 g/mol. The van der Waals surface area contributed by atoms with E-state index >= 15 is 0 Å². The van der Waals surface area contributed by atoms with Crippen LogP contribution in [-0.4, -0.2) is 26.1 Å². The number of hydrogen-bond acceptors (Lipinski definition) is 3. The van der Waals surface area contributed by atoms with Crippen LogP contribution in [0.2, 0.25) is 5.02 Å². The lowest BCUT2D eigenvalue weighted by Gasteiger charge is -2.06. The first kappa shape index (κ1) is 13.1. The first-order valence-electron chi connectivity index (χ1n) is 5.61. The lowest BCUT2D eigenvalue weighted by Crippen LogP contribution is -1.99. The van der Waals surface area contributed by atoms with Gasteiger partial charge >= 0.3 is 5.97 Å². The summed E-state index contributed by atoms with van der Waals surface area (Å²) in [6.07, 6.45) is 0. The quantitative estimate of drug-likeness (QED) is 0.766. The lowest BCUT2D eigenvalue weighted by atomic mass is 10.2. The zero-order chi connectivity index (χ0) is 14.3. The number of rotatable bonds is 2. The van der Waals surface area contributed by atoms with Gasteiger partial charge < -0.3 is 5.11 Å². The molecule has 0 saturated heterocycles. The van der Waals surface area contributed by atoms with Crippen LogP contribution in [0.25, 0.3) is 16.7 Å². The van der Waals surface area contributed by atoms with Crippen molar-refractivity contribution in [2.75, 3.05) is 0 Å². The van der Waals surface area contributed by atoms with Gasteiger partial charge in [0.25, 0.3) is 0 Å². The largest absolute Gasteiger partial charge is 0.478 e. The number of carboxylic acid groups (broad SMARTS) is 1. The Hall–Kier alpha value is -1.92. The summed E-state index contributed by atoms with van der Waals surface area (Å²) < 4.78 is 2.31. The van der Waals surface area contributed by atoms with E-state index in [0.29, 0.717) is 20.5 Å². The molecular formula is C13H7BrClN3O2. The number of fused-ring (bicyclic) bond motifs is 1. The third kappa shape index (κ3) is 2.07. The summed E-state index contributed by atoms with van der Waals surface area (Å²) in [4.78, 5) is 10.9. The molecule has 1 aromatic heterocycles. The maximum Gasteiger partial charge on any atom is 0.335 e. The van der Waals surface area contributed by atoms with Gasteiger partial charge in [-0.25, -0.2) is 9.48 Å². The second-order valence-corrected chi connectivity index (χ2v) is 5.28. The standard InChI is InChI=1S/C13H7BrClN3O2/c14-12-8(15)2-1-3-11(12)18-10-5-4-7(13(19)20)6-9(10)16-17-18/h1-6H,(H,19,20). The van der Waals surface area contributed by atoms with Crippen LogP contribution < -0.4 is 0 Å². The van der Waals surface area contributed by atoms with Crippen LogP contribution in [0.4, 0.5) is 0 Å². The highest BCUT2D eigenvalue weighted by atomic mass is 79.9. The number of hydrogen-bond donors (Lipinski definition) is 1. The molecule has 0 unspecified atom stereocenters. The van der Waals surface area contributed by atoms with Gasteiger partial charge in [0, 0.05) is 0 Å². The van der Waals surface area contributed by atoms with Crippen LogP contribution in [0.15, 0.2) is 40.9 Å². The molecule has 0 atom stereocenters. The highest BCUT2D eigenvalue weighted by Gasteiger charge is 2.13. The van der Waals surface area contributed by atoms with Crippen molar-refractivity contribution in [1.29, 1.82) is 0 Å². The number of nitrogens with zero attached hydrogens (tertiary/aromatic N) is 3. The van der Waals surface area contributed by atoms with Crippen LogP contribution in [0.5, 0.6) is 0 Å². The van der Waals surface area contributed by atoms with E-state index in [1.807, 2.05) is 12.1 Å². The maximum atomic E-state index is 10.9. The smallest absolute Gasteiger partial charge is 0.335 e. The molecule has 1 heterocycles. The molecule has 2 aromatic carbocycles. The molecule has 0 aliphatic heterocycles. The Kier molecular flexibility index (Phi) is 3.19. The average Bonchev–Trinajstić information content (AvgIpc) is 2.84. The Balaban J connectivity index is 2.23. The molecule has 100 valence electrons. The summed E-state index contributed by atoms with van der Waals surface area (Å²) in [7, 11) is 0. The zero-order valence-electron chi connectivity index (χ0n) is 9.92.